The lowest BCUT2D eigenvalue weighted by molar-refractivity contribution is 0.0794. The second-order valence-electron chi connectivity index (χ2n) is 3.88. The zero-order valence-corrected chi connectivity index (χ0v) is 12.0. The molecule has 0 aliphatic carbocycles. The van der Waals surface area contributed by atoms with Crippen molar-refractivity contribution in [2.24, 2.45) is 0 Å². The molecule has 4 nitrogen and oxygen atoms in total. The molecule has 1 rings (SSSR count). The SMILES string of the molecule is CCCCN(C)C(=O)c1cc(Br)cnc1NC. The topological polar surface area (TPSA) is 45.2 Å². The first kappa shape index (κ1) is 14.0. The molecule has 17 heavy (non-hydrogen) atoms. The van der Waals surface area contributed by atoms with E-state index in [1.54, 1.807) is 24.2 Å². The highest BCUT2D eigenvalue weighted by atomic mass is 79.9. The highest BCUT2D eigenvalue weighted by molar-refractivity contribution is 9.10. The Labute approximate surface area is 111 Å². The number of pyridine rings is 1. The second kappa shape index (κ2) is 6.59. The minimum Gasteiger partial charge on any atom is -0.372 e. The molecule has 0 bridgehead atoms. The van der Waals surface area contributed by atoms with Gasteiger partial charge in [0, 0.05) is 31.3 Å². The molecule has 1 N–H and O–H groups in total. The van der Waals surface area contributed by atoms with Gasteiger partial charge in [-0.25, -0.2) is 4.98 Å². The van der Waals surface area contributed by atoms with Gasteiger partial charge in [0.05, 0.1) is 5.56 Å². The van der Waals surface area contributed by atoms with Crippen molar-refractivity contribution in [3.8, 4) is 0 Å². The van der Waals surface area contributed by atoms with Crippen LogP contribution in [0, 0.1) is 0 Å². The Hall–Kier alpha value is -1.10. The summed E-state index contributed by atoms with van der Waals surface area (Å²) in [7, 11) is 3.58. The average Bonchev–Trinajstić information content (AvgIpc) is 2.34. The Kier molecular flexibility index (Phi) is 5.41. The maximum atomic E-state index is 12.2. The Morgan fingerprint density at radius 3 is 2.88 bits per heavy atom. The number of anilines is 1. The summed E-state index contributed by atoms with van der Waals surface area (Å²) in [5.41, 5.74) is 0.598. The summed E-state index contributed by atoms with van der Waals surface area (Å²) in [6.07, 6.45) is 3.76. The molecular formula is C12H18BrN3O. The second-order valence-corrected chi connectivity index (χ2v) is 4.80. The molecule has 0 atom stereocenters. The lowest BCUT2D eigenvalue weighted by Crippen LogP contribution is -2.28. The molecule has 5 heteroatoms. The van der Waals surface area contributed by atoms with Gasteiger partial charge in [-0.05, 0) is 28.4 Å². The van der Waals surface area contributed by atoms with E-state index in [1.807, 2.05) is 7.05 Å². The minimum atomic E-state index is -0.00315. The van der Waals surface area contributed by atoms with Crippen LogP contribution in [0.4, 0.5) is 5.82 Å². The number of carbonyl (C=O) groups excluding carboxylic acids is 1. The van der Waals surface area contributed by atoms with Crippen molar-refractivity contribution in [3.63, 3.8) is 0 Å². The van der Waals surface area contributed by atoms with Gasteiger partial charge in [-0.15, -0.1) is 0 Å². The van der Waals surface area contributed by atoms with E-state index < -0.39 is 0 Å². The summed E-state index contributed by atoms with van der Waals surface area (Å²) in [6.45, 7) is 2.88. The van der Waals surface area contributed by atoms with E-state index >= 15 is 0 Å². The van der Waals surface area contributed by atoms with E-state index in [1.165, 1.54) is 0 Å². The number of amides is 1. The molecule has 0 aliphatic heterocycles. The van der Waals surface area contributed by atoms with E-state index in [4.69, 9.17) is 0 Å². The van der Waals surface area contributed by atoms with Crippen LogP contribution >= 0.6 is 15.9 Å². The molecule has 0 saturated carbocycles. The van der Waals surface area contributed by atoms with Gasteiger partial charge in [0.15, 0.2) is 0 Å². The Bertz CT molecular complexity index is 395. The number of halogens is 1. The normalized spacial score (nSPS) is 10.1. The van der Waals surface area contributed by atoms with E-state index in [2.05, 4.69) is 33.2 Å². The quantitative estimate of drug-likeness (QED) is 0.909. The summed E-state index contributed by atoms with van der Waals surface area (Å²) < 4.78 is 0.809. The summed E-state index contributed by atoms with van der Waals surface area (Å²) in [5.74, 6) is 0.609. The largest absolute Gasteiger partial charge is 0.372 e. The molecule has 0 fully saturated rings. The van der Waals surface area contributed by atoms with Crippen molar-refractivity contribution in [2.75, 3.05) is 26.0 Å². The molecule has 0 saturated heterocycles. The van der Waals surface area contributed by atoms with Crippen molar-refractivity contribution in [2.45, 2.75) is 19.8 Å². The summed E-state index contributed by atoms with van der Waals surface area (Å²) in [4.78, 5) is 18.1. The third kappa shape index (κ3) is 3.70. The minimum absolute atomic E-state index is 0.00315. The standard InChI is InChI=1S/C12H18BrN3O/c1-4-5-6-16(3)12(17)10-7-9(13)8-15-11(10)14-2/h7-8H,4-6H2,1-3H3,(H,14,15). The molecule has 0 spiro atoms. The van der Waals surface area contributed by atoms with Gasteiger partial charge < -0.3 is 10.2 Å². The Balaban J connectivity index is 2.90. The van der Waals surface area contributed by atoms with E-state index in [9.17, 15) is 4.79 Å². The van der Waals surface area contributed by atoms with Crippen LogP contribution in [0.3, 0.4) is 0 Å². The highest BCUT2D eigenvalue weighted by Gasteiger charge is 2.16. The Morgan fingerprint density at radius 2 is 2.29 bits per heavy atom. The van der Waals surface area contributed by atoms with Gasteiger partial charge in [0.1, 0.15) is 5.82 Å². The van der Waals surface area contributed by atoms with Gasteiger partial charge in [-0.3, -0.25) is 4.79 Å². The first-order valence-electron chi connectivity index (χ1n) is 5.69. The van der Waals surface area contributed by atoms with Gasteiger partial charge >= 0.3 is 0 Å². The molecule has 0 aromatic carbocycles. The third-order valence-corrected chi connectivity index (χ3v) is 2.95. The number of hydrogen-bond acceptors (Lipinski definition) is 3. The molecule has 1 aromatic rings. The molecule has 1 heterocycles. The van der Waals surface area contributed by atoms with Crippen LogP contribution in [-0.4, -0.2) is 36.4 Å². The van der Waals surface area contributed by atoms with Crippen LogP contribution < -0.4 is 5.32 Å². The number of unbranched alkanes of at least 4 members (excludes halogenated alkanes) is 1. The fourth-order valence-electron chi connectivity index (χ4n) is 1.50. The summed E-state index contributed by atoms with van der Waals surface area (Å²) in [6, 6.07) is 1.80. The Morgan fingerprint density at radius 1 is 1.59 bits per heavy atom. The van der Waals surface area contributed by atoms with Crippen molar-refractivity contribution in [3.05, 3.63) is 22.3 Å². The fraction of sp³-hybridized carbons (Fsp3) is 0.500. The summed E-state index contributed by atoms with van der Waals surface area (Å²) >= 11 is 3.33. The number of nitrogens with one attached hydrogen (secondary N) is 1. The molecular weight excluding hydrogens is 282 g/mol. The van der Waals surface area contributed by atoms with Crippen LogP contribution in [-0.2, 0) is 0 Å². The number of carbonyl (C=O) groups is 1. The number of rotatable bonds is 5. The van der Waals surface area contributed by atoms with Crippen LogP contribution in [0.1, 0.15) is 30.1 Å². The molecule has 0 aliphatic rings. The summed E-state index contributed by atoms with van der Waals surface area (Å²) in [5, 5.41) is 2.94. The number of aromatic nitrogens is 1. The zero-order chi connectivity index (χ0) is 12.8. The molecule has 0 radical (unpaired) electrons. The van der Waals surface area contributed by atoms with Crippen molar-refractivity contribution in [1.29, 1.82) is 0 Å². The lowest BCUT2D eigenvalue weighted by atomic mass is 10.2. The van der Waals surface area contributed by atoms with Crippen LogP contribution in [0.5, 0.6) is 0 Å². The first-order valence-corrected chi connectivity index (χ1v) is 6.48. The monoisotopic (exact) mass is 299 g/mol. The van der Waals surface area contributed by atoms with Crippen LogP contribution in [0.25, 0.3) is 0 Å². The van der Waals surface area contributed by atoms with Gasteiger partial charge in [0.2, 0.25) is 0 Å². The molecule has 1 aromatic heterocycles. The predicted octanol–water partition coefficient (Wildman–Crippen LogP) is 2.76. The van der Waals surface area contributed by atoms with Gasteiger partial charge in [-0.2, -0.15) is 0 Å². The van der Waals surface area contributed by atoms with E-state index in [-0.39, 0.29) is 5.91 Å². The van der Waals surface area contributed by atoms with Crippen molar-refractivity contribution in [1.82, 2.24) is 9.88 Å². The molecule has 0 unspecified atom stereocenters. The number of hydrogen-bond donors (Lipinski definition) is 1. The number of nitrogens with zero attached hydrogens (tertiary/aromatic N) is 2. The lowest BCUT2D eigenvalue weighted by Gasteiger charge is -2.18. The van der Waals surface area contributed by atoms with E-state index in [0.29, 0.717) is 11.4 Å². The predicted molar refractivity (Wildman–Crippen MR) is 73.4 cm³/mol. The van der Waals surface area contributed by atoms with Gasteiger partial charge in [-0.1, -0.05) is 13.3 Å². The maximum Gasteiger partial charge on any atom is 0.257 e. The van der Waals surface area contributed by atoms with Gasteiger partial charge in [0.25, 0.3) is 5.91 Å². The first-order chi connectivity index (χ1) is 8.10. The highest BCUT2D eigenvalue weighted by Crippen LogP contribution is 2.19. The van der Waals surface area contributed by atoms with Crippen LogP contribution in [0.15, 0.2) is 16.7 Å². The third-order valence-electron chi connectivity index (χ3n) is 2.52. The van der Waals surface area contributed by atoms with Crippen molar-refractivity contribution >= 4 is 27.7 Å². The smallest absolute Gasteiger partial charge is 0.257 e. The van der Waals surface area contributed by atoms with Crippen molar-refractivity contribution < 1.29 is 4.79 Å². The average molecular weight is 300 g/mol. The molecule has 1 amide bonds. The maximum absolute atomic E-state index is 12.2. The van der Waals surface area contributed by atoms with E-state index in [0.717, 1.165) is 23.9 Å². The van der Waals surface area contributed by atoms with Crippen LogP contribution in [0.2, 0.25) is 0 Å². The molecule has 94 valence electrons. The zero-order valence-electron chi connectivity index (χ0n) is 10.5. The fourth-order valence-corrected chi connectivity index (χ4v) is 1.84.